The molecule has 0 aliphatic carbocycles. The van der Waals surface area contributed by atoms with Gasteiger partial charge in [0.05, 0.1) is 33.8 Å². The molecule has 0 saturated heterocycles. The number of aromatic nitrogens is 5. The molecule has 0 bridgehead atoms. The van der Waals surface area contributed by atoms with E-state index in [0.29, 0.717) is 17.1 Å². The van der Waals surface area contributed by atoms with E-state index in [1.165, 1.54) is 6.20 Å². The lowest BCUT2D eigenvalue weighted by Gasteiger charge is -2.24. The van der Waals surface area contributed by atoms with Gasteiger partial charge < -0.3 is 16.8 Å². The molecule has 0 atom stereocenters. The summed E-state index contributed by atoms with van der Waals surface area (Å²) in [6.45, 7) is 0. The topological polar surface area (TPSA) is 175 Å². The van der Waals surface area contributed by atoms with Crippen LogP contribution in [-0.4, -0.2) is 35.7 Å². The number of anilines is 6. The van der Waals surface area contributed by atoms with E-state index in [0.717, 1.165) is 64.4 Å². The molecule has 0 aliphatic rings. The first-order valence-electron chi connectivity index (χ1n) is 21.7. The Labute approximate surface area is 471 Å². The molecule has 20 heteroatoms. The lowest BCUT2D eigenvalue weighted by Crippen LogP contribution is -2.27. The van der Waals surface area contributed by atoms with Crippen LogP contribution >= 0.6 is 98.3 Å². The second-order valence-corrected chi connectivity index (χ2v) is 24.7. The first kappa shape index (κ1) is 56.9. The average molecular weight is 1280 g/mol. The minimum absolute atomic E-state index is 0.235. The van der Waals surface area contributed by atoms with Crippen molar-refractivity contribution >= 4 is 155 Å². The standard InChI is InChI=1S/C18H14BrN3O.C18H12BrN3.C12H12N2.C6H3BrClNO.Cl3OP/c19-13-10-11-16(21-12-13)18(23)22(14-6-2-1-3-7-14)17-9-5-4-8-15(17)20;19-13-10-11-16(20-12-13)18-21-15-8-4-5-9-17(15)22(18)14-6-2-1-3-7-14;13-11-8-4-5-9-12(11)14-10-6-2-1-3-7-10;7-4-1-2-5(6(8)10)9-3-4;1-5(2,3)4/h1-12H,20H2;1-12H;1-9,14H,13H2;1-3H;. The average Bonchev–Trinajstić information content (AvgIpc) is 3.79. The van der Waals surface area contributed by atoms with Crippen LogP contribution in [0.3, 0.4) is 0 Å². The monoisotopic (exact) mass is 1270 g/mol. The molecule has 0 radical (unpaired) electrons. The molecule has 74 heavy (non-hydrogen) atoms. The van der Waals surface area contributed by atoms with Crippen molar-refractivity contribution in [3.63, 3.8) is 0 Å². The number of fused-ring (bicyclic) bond motifs is 1. The van der Waals surface area contributed by atoms with E-state index < -0.39 is 10.4 Å². The van der Waals surface area contributed by atoms with Gasteiger partial charge in [0.1, 0.15) is 17.1 Å². The number of para-hydroxylation sites is 9. The van der Waals surface area contributed by atoms with Gasteiger partial charge in [-0.15, -0.1) is 0 Å². The number of nitrogen functional groups attached to an aromatic ring is 2. The predicted octanol–water partition coefficient (Wildman–Crippen LogP) is 17.3. The minimum Gasteiger partial charge on any atom is -0.397 e. The normalized spacial score (nSPS) is 10.4. The molecule has 374 valence electrons. The number of rotatable bonds is 8. The van der Waals surface area contributed by atoms with E-state index in [2.05, 4.69) is 125 Å². The van der Waals surface area contributed by atoms with Crippen LogP contribution in [0, 0.1) is 0 Å². The lowest BCUT2D eigenvalue weighted by molar-refractivity contribution is 0.0994. The van der Waals surface area contributed by atoms with Crippen LogP contribution in [0.4, 0.5) is 34.1 Å². The van der Waals surface area contributed by atoms with Crippen molar-refractivity contribution < 1.29 is 14.2 Å². The minimum atomic E-state index is -3.22. The number of benzene rings is 6. The number of amides is 1. The predicted molar refractivity (Wildman–Crippen MR) is 316 cm³/mol. The van der Waals surface area contributed by atoms with Crippen molar-refractivity contribution in [1.29, 1.82) is 0 Å². The number of hydrogen-bond acceptors (Lipinski definition) is 10. The number of nitrogens with two attached hydrogens (primary N) is 2. The Kier molecular flexibility index (Phi) is 21.8. The maximum atomic E-state index is 13.0. The van der Waals surface area contributed by atoms with Gasteiger partial charge in [0.15, 0.2) is 5.82 Å². The largest absolute Gasteiger partial charge is 0.397 e. The smallest absolute Gasteiger partial charge is 0.339 e. The van der Waals surface area contributed by atoms with E-state index in [9.17, 15) is 14.2 Å². The van der Waals surface area contributed by atoms with Crippen molar-refractivity contribution in [2.24, 2.45) is 0 Å². The van der Waals surface area contributed by atoms with Gasteiger partial charge in [-0.05, 0) is 202 Å². The molecule has 6 aromatic carbocycles. The maximum absolute atomic E-state index is 13.0. The highest BCUT2D eigenvalue weighted by Crippen LogP contribution is 2.61. The van der Waals surface area contributed by atoms with Crippen molar-refractivity contribution in [2.75, 3.05) is 21.7 Å². The molecule has 0 spiro atoms. The summed E-state index contributed by atoms with van der Waals surface area (Å²) in [5, 5.41) is -0.510. The highest BCUT2D eigenvalue weighted by molar-refractivity contribution is 9.11. The molecule has 1 amide bonds. The molecule has 12 nitrogen and oxygen atoms in total. The van der Waals surface area contributed by atoms with Crippen LogP contribution in [0.1, 0.15) is 21.0 Å². The van der Waals surface area contributed by atoms with E-state index in [4.69, 9.17) is 28.1 Å². The zero-order valence-corrected chi connectivity index (χ0v) is 47.1. The van der Waals surface area contributed by atoms with Crippen molar-refractivity contribution in [2.45, 2.75) is 0 Å². The highest BCUT2D eigenvalue weighted by Gasteiger charge is 2.22. The van der Waals surface area contributed by atoms with Gasteiger partial charge in [-0.1, -0.05) is 91.0 Å². The van der Waals surface area contributed by atoms with Crippen molar-refractivity contribution in [3.05, 3.63) is 244 Å². The number of carbonyl (C=O) groups is 2. The Morgan fingerprint density at radius 3 is 1.58 bits per heavy atom. The van der Waals surface area contributed by atoms with Gasteiger partial charge in [-0.25, -0.2) is 9.97 Å². The Balaban J connectivity index is 0.000000162. The third-order valence-corrected chi connectivity index (χ3v) is 11.4. The number of carbonyl (C=O) groups excluding carboxylic acids is 2. The van der Waals surface area contributed by atoms with Gasteiger partial charge in [0.25, 0.3) is 11.1 Å². The SMILES string of the molecule is Brc1ccc(-c2nc3ccccc3n2-c2ccccc2)nc1.Nc1ccccc1N(C(=O)c1ccc(Br)cn1)c1ccccc1.Nc1ccccc1Nc1ccccc1.O=C(Cl)c1ccc(Br)cn1.O=P(Cl)(Cl)Cl. The highest BCUT2D eigenvalue weighted by atomic mass is 79.9. The zero-order valence-electron chi connectivity index (χ0n) is 38.4. The molecular formula is C54H41Br3Cl4N9O3P. The van der Waals surface area contributed by atoms with Gasteiger partial charge in [-0.2, -0.15) is 0 Å². The number of nitrogens with zero attached hydrogens (tertiary/aromatic N) is 6. The molecule has 0 aliphatic heterocycles. The van der Waals surface area contributed by atoms with Crippen LogP contribution in [0.15, 0.2) is 232 Å². The first-order chi connectivity index (χ1) is 35.5. The molecule has 0 fully saturated rings. The summed E-state index contributed by atoms with van der Waals surface area (Å²) < 4.78 is 14.3. The van der Waals surface area contributed by atoms with Gasteiger partial charge in [-0.3, -0.25) is 33.6 Å². The Hall–Kier alpha value is -6.39. The molecule has 10 rings (SSSR count). The van der Waals surface area contributed by atoms with Crippen LogP contribution in [0.2, 0.25) is 0 Å². The lowest BCUT2D eigenvalue weighted by atomic mass is 10.2. The number of pyridine rings is 3. The molecule has 4 aromatic heterocycles. The number of halogens is 7. The van der Waals surface area contributed by atoms with E-state index in [1.54, 1.807) is 47.6 Å². The van der Waals surface area contributed by atoms with Crippen molar-refractivity contribution in [1.82, 2.24) is 24.5 Å². The summed E-state index contributed by atoms with van der Waals surface area (Å²) in [4.78, 5) is 42.2. The maximum Gasteiger partial charge on any atom is 0.339 e. The zero-order chi connectivity index (χ0) is 53.0. The number of hydrogen-bond donors (Lipinski definition) is 3. The fourth-order valence-electron chi connectivity index (χ4n) is 6.58. The summed E-state index contributed by atoms with van der Waals surface area (Å²) >= 11 is 28.9. The summed E-state index contributed by atoms with van der Waals surface area (Å²) in [5.74, 6) is 0.613. The molecule has 0 saturated carbocycles. The third-order valence-electron chi connectivity index (χ3n) is 9.82. The first-order valence-corrected chi connectivity index (χ1v) is 28.9. The van der Waals surface area contributed by atoms with Crippen LogP contribution in [0.25, 0.3) is 28.2 Å². The molecule has 5 N–H and O–H groups in total. The molecule has 10 aromatic rings. The van der Waals surface area contributed by atoms with E-state index in [-0.39, 0.29) is 11.6 Å². The fourth-order valence-corrected chi connectivity index (χ4v) is 7.39. The second-order valence-electron chi connectivity index (χ2n) is 15.0. The summed E-state index contributed by atoms with van der Waals surface area (Å²) in [6.07, 6.45) is 4.92. The van der Waals surface area contributed by atoms with Crippen LogP contribution < -0.4 is 21.7 Å². The van der Waals surface area contributed by atoms with Crippen LogP contribution in [-0.2, 0) is 4.57 Å². The molecule has 4 heterocycles. The fraction of sp³-hybridized carbons (Fsp3) is 0. The Morgan fingerprint density at radius 1 is 0.554 bits per heavy atom. The van der Waals surface area contributed by atoms with E-state index in [1.807, 2.05) is 152 Å². The van der Waals surface area contributed by atoms with Crippen LogP contribution in [0.5, 0.6) is 0 Å². The Bertz CT molecular complexity index is 3430. The van der Waals surface area contributed by atoms with Crippen molar-refractivity contribution in [3.8, 4) is 17.2 Å². The third kappa shape index (κ3) is 17.6. The quantitative estimate of drug-likeness (QED) is 0.0754. The van der Waals surface area contributed by atoms with E-state index >= 15 is 0 Å². The number of nitrogens with one attached hydrogen (secondary N) is 1. The van der Waals surface area contributed by atoms with Gasteiger partial charge in [0.2, 0.25) is 0 Å². The summed E-state index contributed by atoms with van der Waals surface area (Å²) in [5.41, 5.74) is 21.1. The molecule has 0 unspecified atom stereocenters. The summed E-state index contributed by atoms with van der Waals surface area (Å²) in [7, 11) is 0. The second kappa shape index (κ2) is 28.3. The van der Waals surface area contributed by atoms with Gasteiger partial charge in [0, 0.05) is 49.1 Å². The number of imidazole rings is 1. The van der Waals surface area contributed by atoms with Gasteiger partial charge >= 0.3 is 5.20 Å². The summed E-state index contributed by atoms with van der Waals surface area (Å²) in [6, 6.07) is 63.4. The Morgan fingerprint density at radius 2 is 1.04 bits per heavy atom. The molecular weight excluding hydrogens is 1240 g/mol.